The molecule has 3 heteroatoms. The van der Waals surface area contributed by atoms with Crippen LogP contribution in [0.3, 0.4) is 0 Å². The Bertz CT molecular complexity index is 546. The van der Waals surface area contributed by atoms with Gasteiger partial charge in [0.1, 0.15) is 0 Å². The Morgan fingerprint density at radius 2 is 1.89 bits per heavy atom. The Labute approximate surface area is 118 Å². The highest BCUT2D eigenvalue weighted by molar-refractivity contribution is 7.99. The smallest absolute Gasteiger partial charge is 0.0991 e. The van der Waals surface area contributed by atoms with Crippen LogP contribution < -0.4 is 5.32 Å². The maximum absolute atomic E-state index is 8.82. The Morgan fingerprint density at radius 1 is 1.05 bits per heavy atom. The molecule has 0 amide bonds. The number of rotatable bonds is 6. The van der Waals surface area contributed by atoms with E-state index in [1.54, 1.807) is 0 Å². The minimum atomic E-state index is 0.720. The zero-order chi connectivity index (χ0) is 13.3. The highest BCUT2D eigenvalue weighted by Gasteiger charge is 1.96. The minimum absolute atomic E-state index is 0.720. The second-order valence-electron chi connectivity index (χ2n) is 4.15. The first-order valence-corrected chi connectivity index (χ1v) is 7.24. The summed E-state index contributed by atoms with van der Waals surface area (Å²) in [7, 11) is 0. The molecule has 0 unspecified atom stereocenters. The van der Waals surface area contributed by atoms with Gasteiger partial charge in [-0.3, -0.25) is 0 Å². The predicted octanol–water partition coefficient (Wildman–Crippen LogP) is 3.44. The van der Waals surface area contributed by atoms with Crippen molar-refractivity contribution in [2.24, 2.45) is 0 Å². The molecule has 0 spiro atoms. The fourth-order valence-corrected chi connectivity index (χ4v) is 2.57. The van der Waals surface area contributed by atoms with Crippen LogP contribution in [0.4, 0.5) is 0 Å². The fourth-order valence-electron chi connectivity index (χ4n) is 1.74. The van der Waals surface area contributed by atoms with E-state index in [9.17, 15) is 0 Å². The molecule has 0 heterocycles. The molecule has 2 nitrogen and oxygen atoms in total. The van der Waals surface area contributed by atoms with Crippen molar-refractivity contribution in [1.29, 1.82) is 5.26 Å². The van der Waals surface area contributed by atoms with E-state index in [1.807, 2.05) is 42.1 Å². The number of nitrogens with zero attached hydrogens (tertiary/aromatic N) is 1. The number of hydrogen-bond acceptors (Lipinski definition) is 3. The fraction of sp³-hybridized carbons (Fsp3) is 0.188. The lowest BCUT2D eigenvalue weighted by atomic mass is 10.1. The SMILES string of the molecule is N#Cc1cccc(CNCCSc2ccccc2)c1. The highest BCUT2D eigenvalue weighted by atomic mass is 32.2. The number of nitrogens with one attached hydrogen (secondary N) is 1. The summed E-state index contributed by atoms with van der Waals surface area (Å²) in [5.41, 5.74) is 1.88. The molecule has 96 valence electrons. The van der Waals surface area contributed by atoms with E-state index in [1.165, 1.54) is 4.90 Å². The summed E-state index contributed by atoms with van der Waals surface area (Å²) < 4.78 is 0. The molecule has 19 heavy (non-hydrogen) atoms. The summed E-state index contributed by atoms with van der Waals surface area (Å²) in [5, 5.41) is 12.2. The van der Waals surface area contributed by atoms with Crippen molar-refractivity contribution in [2.75, 3.05) is 12.3 Å². The van der Waals surface area contributed by atoms with E-state index in [4.69, 9.17) is 5.26 Å². The molecule has 0 saturated carbocycles. The zero-order valence-corrected chi connectivity index (χ0v) is 11.5. The van der Waals surface area contributed by atoms with E-state index in [-0.39, 0.29) is 0 Å². The molecule has 2 aromatic rings. The third-order valence-electron chi connectivity index (χ3n) is 2.68. The van der Waals surface area contributed by atoms with Gasteiger partial charge in [0, 0.05) is 23.7 Å². The molecular formula is C16H16N2S. The first-order chi connectivity index (χ1) is 9.38. The first kappa shape index (κ1) is 13.7. The normalized spacial score (nSPS) is 10.1. The summed E-state index contributed by atoms with van der Waals surface area (Å²) in [4.78, 5) is 1.30. The predicted molar refractivity (Wildman–Crippen MR) is 80.0 cm³/mol. The maximum atomic E-state index is 8.82. The first-order valence-electron chi connectivity index (χ1n) is 6.26. The lowest BCUT2D eigenvalue weighted by Gasteiger charge is -2.05. The molecule has 0 bridgehead atoms. The van der Waals surface area contributed by atoms with Crippen molar-refractivity contribution in [2.45, 2.75) is 11.4 Å². The van der Waals surface area contributed by atoms with Crippen LogP contribution in [0.25, 0.3) is 0 Å². The standard InChI is InChI=1S/C16H16N2S/c17-12-14-5-4-6-15(11-14)13-18-9-10-19-16-7-2-1-3-8-16/h1-8,11,18H,9-10,13H2. The molecule has 0 aliphatic heterocycles. The van der Waals surface area contributed by atoms with Crippen LogP contribution in [-0.4, -0.2) is 12.3 Å². The Kier molecular flexibility index (Phi) is 5.49. The maximum Gasteiger partial charge on any atom is 0.0991 e. The molecule has 0 aliphatic carbocycles. The van der Waals surface area contributed by atoms with Crippen LogP contribution in [0.2, 0.25) is 0 Å². The monoisotopic (exact) mass is 268 g/mol. The topological polar surface area (TPSA) is 35.8 Å². The second kappa shape index (κ2) is 7.63. The van der Waals surface area contributed by atoms with Gasteiger partial charge in [0.15, 0.2) is 0 Å². The summed E-state index contributed by atoms with van der Waals surface area (Å²) >= 11 is 1.85. The lowest BCUT2D eigenvalue weighted by Crippen LogP contribution is -2.16. The van der Waals surface area contributed by atoms with E-state index >= 15 is 0 Å². The van der Waals surface area contributed by atoms with E-state index < -0.39 is 0 Å². The number of benzene rings is 2. The molecule has 0 saturated heterocycles. The Morgan fingerprint density at radius 3 is 2.68 bits per heavy atom. The van der Waals surface area contributed by atoms with Crippen molar-refractivity contribution >= 4 is 11.8 Å². The molecule has 2 aromatic carbocycles. The van der Waals surface area contributed by atoms with Crippen molar-refractivity contribution in [1.82, 2.24) is 5.32 Å². The van der Waals surface area contributed by atoms with Gasteiger partial charge in [0.25, 0.3) is 0 Å². The molecule has 0 radical (unpaired) electrons. The van der Waals surface area contributed by atoms with Gasteiger partial charge in [0.05, 0.1) is 11.6 Å². The molecule has 0 aliphatic rings. The molecule has 2 rings (SSSR count). The molecular weight excluding hydrogens is 252 g/mol. The summed E-state index contributed by atoms with van der Waals surface area (Å²) in [6, 6.07) is 20.3. The summed E-state index contributed by atoms with van der Waals surface area (Å²) in [5.74, 6) is 1.04. The van der Waals surface area contributed by atoms with Gasteiger partial charge < -0.3 is 5.32 Å². The van der Waals surface area contributed by atoms with Crippen molar-refractivity contribution in [3.63, 3.8) is 0 Å². The molecule has 0 atom stereocenters. The molecule has 0 fully saturated rings. The van der Waals surface area contributed by atoms with Crippen LogP contribution >= 0.6 is 11.8 Å². The van der Waals surface area contributed by atoms with Gasteiger partial charge in [0.2, 0.25) is 0 Å². The van der Waals surface area contributed by atoms with Crippen LogP contribution in [0.15, 0.2) is 59.5 Å². The third kappa shape index (κ3) is 4.78. The number of thioether (sulfide) groups is 1. The average molecular weight is 268 g/mol. The largest absolute Gasteiger partial charge is 0.312 e. The van der Waals surface area contributed by atoms with Crippen LogP contribution in [0.5, 0.6) is 0 Å². The Hall–Kier alpha value is -1.76. The van der Waals surface area contributed by atoms with Gasteiger partial charge in [-0.05, 0) is 29.8 Å². The van der Waals surface area contributed by atoms with Crippen LogP contribution in [0.1, 0.15) is 11.1 Å². The molecule has 1 N–H and O–H groups in total. The van der Waals surface area contributed by atoms with E-state index in [0.717, 1.165) is 30.0 Å². The summed E-state index contributed by atoms with van der Waals surface area (Å²) in [6.45, 7) is 1.77. The van der Waals surface area contributed by atoms with Crippen molar-refractivity contribution in [3.05, 3.63) is 65.7 Å². The molecule has 0 aromatic heterocycles. The van der Waals surface area contributed by atoms with Crippen molar-refractivity contribution < 1.29 is 0 Å². The summed E-state index contributed by atoms with van der Waals surface area (Å²) in [6.07, 6.45) is 0. The highest BCUT2D eigenvalue weighted by Crippen LogP contribution is 2.15. The van der Waals surface area contributed by atoms with Crippen LogP contribution in [-0.2, 0) is 6.54 Å². The van der Waals surface area contributed by atoms with Gasteiger partial charge in [-0.25, -0.2) is 0 Å². The van der Waals surface area contributed by atoms with Gasteiger partial charge in [-0.15, -0.1) is 11.8 Å². The van der Waals surface area contributed by atoms with Gasteiger partial charge in [-0.1, -0.05) is 30.3 Å². The minimum Gasteiger partial charge on any atom is -0.312 e. The average Bonchev–Trinajstić information content (AvgIpc) is 2.48. The van der Waals surface area contributed by atoms with E-state index in [2.05, 4.69) is 35.7 Å². The zero-order valence-electron chi connectivity index (χ0n) is 10.7. The number of nitriles is 1. The lowest BCUT2D eigenvalue weighted by molar-refractivity contribution is 0.732. The van der Waals surface area contributed by atoms with Gasteiger partial charge in [-0.2, -0.15) is 5.26 Å². The van der Waals surface area contributed by atoms with Gasteiger partial charge >= 0.3 is 0 Å². The second-order valence-corrected chi connectivity index (χ2v) is 5.32. The Balaban J connectivity index is 1.68. The van der Waals surface area contributed by atoms with E-state index in [0.29, 0.717) is 0 Å². The number of hydrogen-bond donors (Lipinski definition) is 1. The quantitative estimate of drug-likeness (QED) is 0.644. The van der Waals surface area contributed by atoms with Crippen LogP contribution in [0, 0.1) is 11.3 Å². The third-order valence-corrected chi connectivity index (χ3v) is 3.69. The van der Waals surface area contributed by atoms with Crippen molar-refractivity contribution in [3.8, 4) is 6.07 Å².